The van der Waals surface area contributed by atoms with Crippen LogP contribution in [0.3, 0.4) is 0 Å². The molecule has 86 valence electrons. The molecule has 0 radical (unpaired) electrons. The van der Waals surface area contributed by atoms with E-state index >= 15 is 0 Å². The second kappa shape index (κ2) is 4.50. The van der Waals surface area contributed by atoms with Crippen LogP contribution < -0.4 is 0 Å². The van der Waals surface area contributed by atoms with E-state index in [0.29, 0.717) is 6.04 Å². The summed E-state index contributed by atoms with van der Waals surface area (Å²) in [7, 11) is 0. The lowest BCUT2D eigenvalue weighted by atomic mass is 10.2. The normalized spacial score (nSPS) is 11.6. The number of halogens is 1. The Bertz CT molecular complexity index is 502. The molecule has 1 heterocycles. The minimum atomic E-state index is -0.126. The van der Waals surface area contributed by atoms with Crippen LogP contribution >= 0.6 is 11.8 Å². The van der Waals surface area contributed by atoms with E-state index in [1.807, 2.05) is 12.1 Å². The molecule has 0 N–H and O–H groups in total. The fourth-order valence-corrected chi connectivity index (χ4v) is 2.66. The van der Waals surface area contributed by atoms with Crippen LogP contribution in [0.2, 0.25) is 0 Å². The van der Waals surface area contributed by atoms with Crippen molar-refractivity contribution in [1.82, 2.24) is 4.57 Å². The number of rotatable bonds is 3. The Labute approximate surface area is 99.6 Å². The fraction of sp³-hybridized carbons (Fsp3) is 0.385. The molecule has 0 fully saturated rings. The Morgan fingerprint density at radius 2 is 2.12 bits per heavy atom. The average Bonchev–Trinajstić information content (AvgIpc) is 2.58. The lowest BCUT2D eigenvalue weighted by Gasteiger charge is -2.13. The van der Waals surface area contributed by atoms with Gasteiger partial charge in [0.1, 0.15) is 5.82 Å². The molecule has 16 heavy (non-hydrogen) atoms. The van der Waals surface area contributed by atoms with Gasteiger partial charge in [-0.2, -0.15) is 11.8 Å². The lowest BCUT2D eigenvalue weighted by Crippen LogP contribution is -2.04. The van der Waals surface area contributed by atoms with Gasteiger partial charge in [0.05, 0.1) is 5.52 Å². The third-order valence-electron chi connectivity index (χ3n) is 2.72. The second-order valence-corrected chi connectivity index (χ2v) is 5.07. The molecule has 0 bridgehead atoms. The molecule has 1 nitrogen and oxygen atoms in total. The molecular weight excluding hydrogens is 221 g/mol. The van der Waals surface area contributed by atoms with Crippen molar-refractivity contribution < 1.29 is 4.39 Å². The number of fused-ring (bicyclic) bond motifs is 1. The summed E-state index contributed by atoms with van der Waals surface area (Å²) in [6, 6.07) is 7.63. The van der Waals surface area contributed by atoms with E-state index in [0.717, 1.165) is 16.7 Å². The van der Waals surface area contributed by atoms with Crippen LogP contribution in [0.1, 0.15) is 25.6 Å². The zero-order valence-electron chi connectivity index (χ0n) is 9.83. The minimum absolute atomic E-state index is 0.126. The summed E-state index contributed by atoms with van der Waals surface area (Å²) in [5.41, 5.74) is 2.20. The molecule has 1 aromatic heterocycles. The third-order valence-corrected chi connectivity index (χ3v) is 3.30. The monoisotopic (exact) mass is 237 g/mol. The maximum absolute atomic E-state index is 13.7. The van der Waals surface area contributed by atoms with Crippen LogP contribution in [0.4, 0.5) is 4.39 Å². The first-order valence-corrected chi connectivity index (χ1v) is 6.81. The molecule has 0 unspecified atom stereocenters. The van der Waals surface area contributed by atoms with Gasteiger partial charge in [0.2, 0.25) is 0 Å². The molecule has 2 rings (SSSR count). The van der Waals surface area contributed by atoms with Crippen LogP contribution in [-0.4, -0.2) is 10.8 Å². The summed E-state index contributed by atoms with van der Waals surface area (Å²) in [5, 5.41) is 0.736. The van der Waals surface area contributed by atoms with Crippen molar-refractivity contribution in [3.05, 3.63) is 35.8 Å². The molecule has 3 heteroatoms. The van der Waals surface area contributed by atoms with Gasteiger partial charge in [0, 0.05) is 22.9 Å². The van der Waals surface area contributed by atoms with Crippen molar-refractivity contribution >= 4 is 22.7 Å². The second-order valence-electron chi connectivity index (χ2n) is 4.21. The van der Waals surface area contributed by atoms with Crippen molar-refractivity contribution in [2.24, 2.45) is 0 Å². The number of aromatic nitrogens is 1. The molecule has 0 saturated carbocycles. The molecule has 0 aliphatic carbocycles. The third kappa shape index (κ3) is 1.84. The topological polar surface area (TPSA) is 4.93 Å². The Hall–Kier alpha value is -0.960. The summed E-state index contributed by atoms with van der Waals surface area (Å²) in [6.07, 6.45) is 2.07. The summed E-state index contributed by atoms with van der Waals surface area (Å²) >= 11 is 1.76. The van der Waals surface area contributed by atoms with Crippen molar-refractivity contribution in [3.63, 3.8) is 0 Å². The Kier molecular flexibility index (Phi) is 3.24. The van der Waals surface area contributed by atoms with Crippen LogP contribution in [0, 0.1) is 5.82 Å². The fourth-order valence-electron chi connectivity index (χ4n) is 2.14. The van der Waals surface area contributed by atoms with E-state index in [4.69, 9.17) is 0 Å². The van der Waals surface area contributed by atoms with Gasteiger partial charge in [-0.25, -0.2) is 4.39 Å². The van der Waals surface area contributed by atoms with Gasteiger partial charge >= 0.3 is 0 Å². The number of benzene rings is 1. The van der Waals surface area contributed by atoms with Gasteiger partial charge < -0.3 is 4.57 Å². The van der Waals surface area contributed by atoms with Crippen molar-refractivity contribution in [2.75, 3.05) is 6.26 Å². The summed E-state index contributed by atoms with van der Waals surface area (Å²) < 4.78 is 15.9. The molecule has 0 amide bonds. The molecule has 0 spiro atoms. The van der Waals surface area contributed by atoms with Crippen LogP contribution in [-0.2, 0) is 5.75 Å². The summed E-state index contributed by atoms with van der Waals surface area (Å²) in [5.74, 6) is 0.797. The smallest absolute Gasteiger partial charge is 0.132 e. The number of thioether (sulfide) groups is 1. The number of hydrogen-bond acceptors (Lipinski definition) is 1. The first kappa shape index (κ1) is 11.5. The molecule has 0 aliphatic heterocycles. The van der Waals surface area contributed by atoms with Gasteiger partial charge in [-0.3, -0.25) is 0 Å². The molecule has 0 atom stereocenters. The van der Waals surface area contributed by atoms with E-state index < -0.39 is 0 Å². The number of nitrogens with zero attached hydrogens (tertiary/aromatic N) is 1. The standard InChI is InChI=1S/C13H16FNS/c1-9(2)15-10(8-16-3)7-11-12(14)5-4-6-13(11)15/h4-7,9H,8H2,1-3H3. The van der Waals surface area contributed by atoms with Crippen molar-refractivity contribution in [2.45, 2.75) is 25.6 Å². The summed E-state index contributed by atoms with van der Waals surface area (Å²) in [6.45, 7) is 4.27. The van der Waals surface area contributed by atoms with Crippen LogP contribution in [0.5, 0.6) is 0 Å². The highest BCUT2D eigenvalue weighted by Crippen LogP contribution is 2.27. The quantitative estimate of drug-likeness (QED) is 0.773. The number of hydrogen-bond donors (Lipinski definition) is 0. The highest BCUT2D eigenvalue weighted by Gasteiger charge is 2.13. The summed E-state index contributed by atoms with van der Waals surface area (Å²) in [4.78, 5) is 0. The van der Waals surface area contributed by atoms with Gasteiger partial charge in [0.15, 0.2) is 0 Å². The molecule has 0 saturated heterocycles. The van der Waals surface area contributed by atoms with E-state index in [9.17, 15) is 4.39 Å². The minimum Gasteiger partial charge on any atom is -0.341 e. The Morgan fingerprint density at radius 3 is 2.75 bits per heavy atom. The Balaban J connectivity index is 2.70. The van der Waals surface area contributed by atoms with Crippen molar-refractivity contribution in [3.8, 4) is 0 Å². The van der Waals surface area contributed by atoms with Crippen LogP contribution in [0.15, 0.2) is 24.3 Å². The van der Waals surface area contributed by atoms with Gasteiger partial charge in [-0.15, -0.1) is 0 Å². The maximum atomic E-state index is 13.7. The lowest BCUT2D eigenvalue weighted by molar-refractivity contribution is 0.604. The SMILES string of the molecule is CSCc1cc2c(F)cccc2n1C(C)C. The predicted octanol–water partition coefficient (Wildman–Crippen LogP) is 4.22. The van der Waals surface area contributed by atoms with Gasteiger partial charge in [-0.1, -0.05) is 6.07 Å². The van der Waals surface area contributed by atoms with E-state index in [1.54, 1.807) is 17.8 Å². The van der Waals surface area contributed by atoms with E-state index in [-0.39, 0.29) is 5.82 Å². The first-order valence-electron chi connectivity index (χ1n) is 5.42. The molecule has 2 aromatic rings. The average molecular weight is 237 g/mol. The zero-order valence-corrected chi connectivity index (χ0v) is 10.6. The Morgan fingerprint density at radius 1 is 1.38 bits per heavy atom. The first-order chi connectivity index (χ1) is 7.65. The zero-order chi connectivity index (χ0) is 11.7. The highest BCUT2D eigenvalue weighted by molar-refractivity contribution is 7.97. The largest absolute Gasteiger partial charge is 0.341 e. The van der Waals surface area contributed by atoms with E-state index in [1.165, 1.54) is 11.8 Å². The molecule has 1 aromatic carbocycles. The molecular formula is C13H16FNS. The van der Waals surface area contributed by atoms with Crippen molar-refractivity contribution in [1.29, 1.82) is 0 Å². The highest BCUT2D eigenvalue weighted by atomic mass is 32.2. The maximum Gasteiger partial charge on any atom is 0.132 e. The molecule has 0 aliphatic rings. The van der Waals surface area contributed by atoms with Crippen LogP contribution in [0.25, 0.3) is 10.9 Å². The van der Waals surface area contributed by atoms with Gasteiger partial charge in [-0.05, 0) is 38.3 Å². The van der Waals surface area contributed by atoms with E-state index in [2.05, 4.69) is 24.7 Å². The van der Waals surface area contributed by atoms with Gasteiger partial charge in [0.25, 0.3) is 0 Å². The predicted molar refractivity (Wildman–Crippen MR) is 69.5 cm³/mol.